The monoisotopic (exact) mass is 396 g/mol. The van der Waals surface area contributed by atoms with Gasteiger partial charge >= 0.3 is 0 Å². The van der Waals surface area contributed by atoms with E-state index in [0.717, 1.165) is 15.8 Å². The van der Waals surface area contributed by atoms with Gasteiger partial charge in [-0.05, 0) is 43.5 Å². The Bertz CT molecular complexity index is 597. The van der Waals surface area contributed by atoms with Gasteiger partial charge in [0, 0.05) is 33.8 Å². The van der Waals surface area contributed by atoms with Gasteiger partial charge in [0.25, 0.3) is 0 Å². The van der Waals surface area contributed by atoms with E-state index in [-0.39, 0.29) is 5.75 Å². The molecule has 0 atom stereocenters. The quantitative estimate of drug-likeness (QED) is 0.714. The van der Waals surface area contributed by atoms with Crippen molar-refractivity contribution in [3.05, 3.63) is 28.2 Å². The number of hydrogen-bond donors (Lipinski definition) is 0. The maximum atomic E-state index is 11.5. The highest BCUT2D eigenvalue weighted by Crippen LogP contribution is 2.34. The Kier molecular flexibility index (Phi) is 5.57. The molecule has 0 amide bonds. The number of benzene rings is 1. The lowest BCUT2D eigenvalue weighted by molar-refractivity contribution is 0.00227. The van der Waals surface area contributed by atoms with Crippen molar-refractivity contribution in [2.45, 2.75) is 19.8 Å². The second-order valence-corrected chi connectivity index (χ2v) is 9.13. The van der Waals surface area contributed by atoms with Gasteiger partial charge in [-0.15, -0.1) is 0 Å². The summed E-state index contributed by atoms with van der Waals surface area (Å²) in [6, 6.07) is 5.70. The molecule has 1 fully saturated rings. The van der Waals surface area contributed by atoms with Crippen LogP contribution in [0.4, 0.5) is 0 Å². The molecule has 0 spiro atoms. The Morgan fingerprint density at radius 2 is 2.05 bits per heavy atom. The molecule has 7 heteroatoms. The van der Waals surface area contributed by atoms with Gasteiger partial charge in [0.2, 0.25) is 9.05 Å². The molecule has 1 aromatic carbocycles. The molecule has 118 valence electrons. The average Bonchev–Trinajstić information content (AvgIpc) is 2.39. The van der Waals surface area contributed by atoms with E-state index < -0.39 is 14.5 Å². The highest BCUT2D eigenvalue weighted by atomic mass is 79.9. The van der Waals surface area contributed by atoms with Gasteiger partial charge in [-0.2, -0.15) is 0 Å². The van der Waals surface area contributed by atoms with Crippen molar-refractivity contribution in [2.75, 3.05) is 25.6 Å². The molecular formula is C14H18BrClO4S. The largest absolute Gasteiger partial charge is 0.493 e. The summed E-state index contributed by atoms with van der Waals surface area (Å²) in [6.45, 7) is 3.37. The fourth-order valence-electron chi connectivity index (χ4n) is 2.44. The van der Waals surface area contributed by atoms with E-state index in [0.29, 0.717) is 32.7 Å². The number of ether oxygens (including phenoxy) is 2. The van der Waals surface area contributed by atoms with Crippen LogP contribution in [0.1, 0.15) is 18.4 Å². The first-order valence-electron chi connectivity index (χ1n) is 6.69. The minimum atomic E-state index is -3.57. The fraction of sp³-hybridized carbons (Fsp3) is 0.571. The third kappa shape index (κ3) is 5.13. The summed E-state index contributed by atoms with van der Waals surface area (Å²) in [5, 5.41) is 0. The Morgan fingerprint density at radius 3 is 2.62 bits per heavy atom. The average molecular weight is 398 g/mol. The van der Waals surface area contributed by atoms with Gasteiger partial charge in [-0.1, -0.05) is 15.9 Å². The summed E-state index contributed by atoms with van der Waals surface area (Å²) in [5.74, 6) is 0.647. The lowest BCUT2D eigenvalue weighted by Crippen LogP contribution is -2.40. The van der Waals surface area contributed by atoms with E-state index in [9.17, 15) is 8.42 Å². The highest BCUT2D eigenvalue weighted by Gasteiger charge is 2.37. The number of hydrogen-bond acceptors (Lipinski definition) is 4. The van der Waals surface area contributed by atoms with E-state index in [1.165, 1.54) is 0 Å². The Morgan fingerprint density at radius 1 is 1.38 bits per heavy atom. The molecule has 1 aliphatic heterocycles. The first-order chi connectivity index (χ1) is 9.80. The first-order valence-corrected chi connectivity index (χ1v) is 9.96. The predicted octanol–water partition coefficient (Wildman–Crippen LogP) is 3.50. The summed E-state index contributed by atoms with van der Waals surface area (Å²) >= 11 is 3.44. The van der Waals surface area contributed by atoms with E-state index in [2.05, 4.69) is 15.9 Å². The standard InChI is InChI=1S/C14H18BrClO4S/c1-11-8-12(2-3-13(11)15)20-9-14(10-21(16,17)18)4-6-19-7-5-14/h2-3,8H,4-7,9-10H2,1H3. The van der Waals surface area contributed by atoms with Crippen molar-refractivity contribution >= 4 is 35.7 Å². The lowest BCUT2D eigenvalue weighted by Gasteiger charge is -2.35. The van der Waals surface area contributed by atoms with Gasteiger partial charge in [-0.25, -0.2) is 8.42 Å². The molecule has 1 aromatic rings. The second kappa shape index (κ2) is 6.86. The van der Waals surface area contributed by atoms with Gasteiger partial charge < -0.3 is 9.47 Å². The smallest absolute Gasteiger partial charge is 0.233 e. The second-order valence-electron chi connectivity index (χ2n) is 5.50. The summed E-state index contributed by atoms with van der Waals surface area (Å²) in [4.78, 5) is 0. The molecule has 2 rings (SSSR count). The van der Waals surface area contributed by atoms with Crippen molar-refractivity contribution in [3.8, 4) is 5.75 Å². The van der Waals surface area contributed by atoms with Crippen molar-refractivity contribution < 1.29 is 17.9 Å². The van der Waals surface area contributed by atoms with Gasteiger partial charge in [0.1, 0.15) is 5.75 Å². The molecule has 1 aliphatic rings. The minimum absolute atomic E-state index is 0.0829. The third-order valence-electron chi connectivity index (χ3n) is 3.71. The van der Waals surface area contributed by atoms with Crippen molar-refractivity contribution in [2.24, 2.45) is 5.41 Å². The number of rotatable bonds is 5. The Labute approximate surface area is 138 Å². The van der Waals surface area contributed by atoms with Crippen LogP contribution in [-0.2, 0) is 13.8 Å². The molecule has 0 saturated carbocycles. The minimum Gasteiger partial charge on any atom is -0.493 e. The van der Waals surface area contributed by atoms with Crippen molar-refractivity contribution in [1.29, 1.82) is 0 Å². The van der Waals surface area contributed by atoms with Crippen LogP contribution in [0.15, 0.2) is 22.7 Å². The first kappa shape index (κ1) is 17.1. The maximum Gasteiger partial charge on any atom is 0.233 e. The Balaban J connectivity index is 2.10. The Hall–Kier alpha value is -0.300. The maximum absolute atomic E-state index is 11.5. The van der Waals surface area contributed by atoms with Crippen molar-refractivity contribution in [1.82, 2.24) is 0 Å². The van der Waals surface area contributed by atoms with E-state index in [1.54, 1.807) is 0 Å². The van der Waals surface area contributed by atoms with Gasteiger partial charge in [-0.3, -0.25) is 0 Å². The van der Waals surface area contributed by atoms with Gasteiger partial charge in [0.05, 0.1) is 12.4 Å². The van der Waals surface area contributed by atoms with E-state index in [1.807, 2.05) is 25.1 Å². The van der Waals surface area contributed by atoms with E-state index >= 15 is 0 Å². The molecule has 0 N–H and O–H groups in total. The van der Waals surface area contributed by atoms with Gasteiger partial charge in [0.15, 0.2) is 0 Å². The van der Waals surface area contributed by atoms with Crippen LogP contribution in [-0.4, -0.2) is 34.0 Å². The summed E-state index contributed by atoms with van der Waals surface area (Å²) in [5.41, 5.74) is 0.596. The molecular weight excluding hydrogens is 380 g/mol. The molecule has 0 aliphatic carbocycles. The normalized spacial score (nSPS) is 18.4. The van der Waals surface area contributed by atoms with E-state index in [4.69, 9.17) is 20.2 Å². The highest BCUT2D eigenvalue weighted by molar-refractivity contribution is 9.10. The summed E-state index contributed by atoms with van der Waals surface area (Å²) in [7, 11) is 1.88. The predicted molar refractivity (Wildman–Crippen MR) is 86.5 cm³/mol. The van der Waals surface area contributed by atoms with Crippen molar-refractivity contribution in [3.63, 3.8) is 0 Å². The van der Waals surface area contributed by atoms with Crippen LogP contribution in [0, 0.1) is 12.3 Å². The zero-order chi connectivity index (χ0) is 15.5. The molecule has 1 saturated heterocycles. The third-order valence-corrected chi connectivity index (χ3v) is 5.88. The molecule has 0 radical (unpaired) electrons. The SMILES string of the molecule is Cc1cc(OCC2(CS(=O)(=O)Cl)CCOCC2)ccc1Br. The topological polar surface area (TPSA) is 52.6 Å². The van der Waals surface area contributed by atoms with Crippen LogP contribution in [0.25, 0.3) is 0 Å². The molecule has 0 aromatic heterocycles. The molecule has 21 heavy (non-hydrogen) atoms. The molecule has 0 bridgehead atoms. The molecule has 4 nitrogen and oxygen atoms in total. The molecule has 0 unspecified atom stereocenters. The zero-order valence-electron chi connectivity index (χ0n) is 11.8. The number of halogens is 2. The van der Waals surface area contributed by atoms with Crippen LogP contribution in [0.5, 0.6) is 5.75 Å². The molecule has 1 heterocycles. The van der Waals surface area contributed by atoms with Crippen LogP contribution in [0.2, 0.25) is 0 Å². The van der Waals surface area contributed by atoms with Crippen LogP contribution in [0.3, 0.4) is 0 Å². The lowest BCUT2D eigenvalue weighted by atomic mass is 9.83. The summed E-state index contributed by atoms with van der Waals surface area (Å²) < 4.78 is 35.1. The summed E-state index contributed by atoms with van der Waals surface area (Å²) in [6.07, 6.45) is 1.27. The zero-order valence-corrected chi connectivity index (χ0v) is 14.9. The van der Waals surface area contributed by atoms with Crippen LogP contribution < -0.4 is 4.74 Å². The van der Waals surface area contributed by atoms with Crippen LogP contribution >= 0.6 is 26.6 Å². The number of aryl methyl sites for hydroxylation is 1. The fourth-order valence-corrected chi connectivity index (χ4v) is 4.49.